The van der Waals surface area contributed by atoms with Gasteiger partial charge in [-0.25, -0.2) is 4.79 Å². The third-order valence-corrected chi connectivity index (χ3v) is 7.52. The Morgan fingerprint density at radius 2 is 1.89 bits per heavy atom. The van der Waals surface area contributed by atoms with Gasteiger partial charge in [-0.3, -0.25) is 9.69 Å². The first-order valence-corrected chi connectivity index (χ1v) is 12.7. The molecule has 0 unspecified atom stereocenters. The van der Waals surface area contributed by atoms with Crippen LogP contribution in [-0.2, 0) is 26.0 Å². The van der Waals surface area contributed by atoms with Crippen molar-refractivity contribution in [1.82, 2.24) is 10.2 Å². The fraction of sp³-hybridized carbons (Fsp3) is 0.481. The van der Waals surface area contributed by atoms with Gasteiger partial charge < -0.3 is 14.8 Å². The molecule has 2 amide bonds. The van der Waals surface area contributed by atoms with E-state index in [1.54, 1.807) is 24.8 Å². The van der Waals surface area contributed by atoms with Crippen molar-refractivity contribution in [2.24, 2.45) is 0 Å². The van der Waals surface area contributed by atoms with Crippen molar-refractivity contribution in [1.29, 1.82) is 0 Å². The van der Waals surface area contributed by atoms with E-state index in [0.717, 1.165) is 17.7 Å². The van der Waals surface area contributed by atoms with Crippen LogP contribution in [0.5, 0.6) is 0 Å². The minimum Gasteiger partial charge on any atom is -0.433 e. The van der Waals surface area contributed by atoms with Crippen LogP contribution in [0.4, 0.5) is 18.0 Å². The third-order valence-electron chi connectivity index (χ3n) is 7.41. The van der Waals surface area contributed by atoms with Crippen LogP contribution < -0.4 is 5.32 Å². The highest BCUT2D eigenvalue weighted by Crippen LogP contribution is 2.45. The number of ether oxygens (including phenoxy) is 2. The van der Waals surface area contributed by atoms with Crippen molar-refractivity contribution in [3.05, 3.63) is 70.8 Å². The number of hydrogen-bond donors (Lipinski definition) is 1. The van der Waals surface area contributed by atoms with Gasteiger partial charge in [0.25, 0.3) is 0 Å². The van der Waals surface area contributed by atoms with Crippen molar-refractivity contribution < 1.29 is 32.2 Å². The molecule has 4 rings (SSSR count). The van der Waals surface area contributed by atoms with Crippen LogP contribution in [-0.4, -0.2) is 41.7 Å². The zero-order valence-electron chi connectivity index (χ0n) is 20.7. The Morgan fingerprint density at radius 3 is 2.51 bits per heavy atom. The molecule has 0 aromatic heterocycles. The summed E-state index contributed by atoms with van der Waals surface area (Å²) in [6, 6.07) is 12.8. The molecule has 2 aliphatic rings. The lowest BCUT2D eigenvalue weighted by atomic mass is 9.74. The number of carbonyl (C=O) groups excluding carboxylic acids is 2. The maximum Gasteiger partial charge on any atom is 0.416 e. The lowest BCUT2D eigenvalue weighted by Gasteiger charge is -2.52. The van der Waals surface area contributed by atoms with E-state index >= 15 is 0 Å². The first kappa shape index (κ1) is 27.3. The van der Waals surface area contributed by atoms with Crippen LogP contribution >= 0.6 is 11.6 Å². The Kier molecular flexibility index (Phi) is 7.76. The van der Waals surface area contributed by atoms with Crippen LogP contribution in [0.1, 0.15) is 61.0 Å². The lowest BCUT2D eigenvalue weighted by Crippen LogP contribution is -2.65. The summed E-state index contributed by atoms with van der Waals surface area (Å²) in [6.07, 6.45) is -3.81. The predicted molar refractivity (Wildman–Crippen MR) is 132 cm³/mol. The van der Waals surface area contributed by atoms with Gasteiger partial charge in [-0.1, -0.05) is 53.6 Å². The van der Waals surface area contributed by atoms with Gasteiger partial charge in [0, 0.05) is 13.0 Å². The number of nitrogens with zero attached hydrogens (tertiary/aromatic N) is 1. The van der Waals surface area contributed by atoms with Crippen molar-refractivity contribution in [2.45, 2.75) is 62.9 Å². The number of piperidine rings is 1. The normalized spacial score (nSPS) is 24.7. The second-order valence-corrected chi connectivity index (χ2v) is 10.1. The van der Waals surface area contributed by atoms with Crippen LogP contribution in [0.15, 0.2) is 48.5 Å². The molecule has 10 heteroatoms. The number of rotatable bonds is 6. The van der Waals surface area contributed by atoms with E-state index in [1.807, 2.05) is 30.3 Å². The number of benzene rings is 2. The van der Waals surface area contributed by atoms with E-state index in [0.29, 0.717) is 36.8 Å². The van der Waals surface area contributed by atoms with E-state index in [2.05, 4.69) is 5.32 Å². The van der Waals surface area contributed by atoms with Crippen molar-refractivity contribution in [3.8, 4) is 0 Å². The van der Waals surface area contributed by atoms with Gasteiger partial charge >= 0.3 is 12.3 Å². The number of amides is 2. The van der Waals surface area contributed by atoms with Crippen LogP contribution in [0.25, 0.3) is 0 Å². The molecule has 200 valence electrons. The summed E-state index contributed by atoms with van der Waals surface area (Å²) in [5.41, 5.74) is -0.631. The maximum absolute atomic E-state index is 13.4. The molecule has 0 radical (unpaired) electrons. The van der Waals surface area contributed by atoms with E-state index in [4.69, 9.17) is 21.1 Å². The minimum atomic E-state index is -4.47. The zero-order chi connectivity index (χ0) is 26.8. The SMILES string of the molecule is Cc1cc([C@@H](C)OC[C@@]2(c3ccccc3)CC[C@]3(CCC(=O)N3)CN2C(=O)OCCl)cc(C(F)(F)F)c1. The molecule has 2 aromatic carbocycles. The highest BCUT2D eigenvalue weighted by atomic mass is 35.5. The van der Waals surface area contributed by atoms with Gasteiger partial charge in [0.1, 0.15) is 0 Å². The van der Waals surface area contributed by atoms with E-state index < -0.39 is 35.0 Å². The summed E-state index contributed by atoms with van der Waals surface area (Å²) in [4.78, 5) is 26.9. The molecular weight excluding hydrogens is 509 g/mol. The van der Waals surface area contributed by atoms with E-state index in [1.165, 1.54) is 0 Å². The van der Waals surface area contributed by atoms with Gasteiger partial charge in [-0.05, 0) is 56.4 Å². The summed E-state index contributed by atoms with van der Waals surface area (Å²) < 4.78 is 51.7. The van der Waals surface area contributed by atoms with Gasteiger partial charge in [0.05, 0.1) is 29.4 Å². The van der Waals surface area contributed by atoms with Crippen LogP contribution in [0.3, 0.4) is 0 Å². The number of nitrogens with one attached hydrogen (secondary N) is 1. The molecule has 2 fully saturated rings. The maximum atomic E-state index is 13.4. The van der Waals surface area contributed by atoms with Crippen molar-refractivity contribution in [3.63, 3.8) is 0 Å². The Hall–Kier alpha value is -2.78. The molecule has 37 heavy (non-hydrogen) atoms. The Morgan fingerprint density at radius 1 is 1.16 bits per heavy atom. The largest absolute Gasteiger partial charge is 0.433 e. The number of halogens is 4. The summed E-state index contributed by atoms with van der Waals surface area (Å²) in [6.45, 7) is 3.51. The molecule has 2 aliphatic heterocycles. The van der Waals surface area contributed by atoms with Crippen LogP contribution in [0, 0.1) is 6.92 Å². The molecule has 2 aromatic rings. The van der Waals surface area contributed by atoms with E-state index in [-0.39, 0.29) is 25.1 Å². The van der Waals surface area contributed by atoms with Gasteiger partial charge in [0.15, 0.2) is 6.07 Å². The molecule has 0 bridgehead atoms. The highest BCUT2D eigenvalue weighted by molar-refractivity contribution is 6.17. The Balaban J connectivity index is 1.68. The molecule has 2 saturated heterocycles. The third kappa shape index (κ3) is 5.72. The second kappa shape index (κ2) is 10.5. The van der Waals surface area contributed by atoms with E-state index in [9.17, 15) is 22.8 Å². The predicted octanol–water partition coefficient (Wildman–Crippen LogP) is 6.06. The van der Waals surface area contributed by atoms with Crippen molar-refractivity contribution in [2.75, 3.05) is 19.2 Å². The molecule has 0 aliphatic carbocycles. The molecular formula is C27H30ClF3N2O4. The van der Waals surface area contributed by atoms with Gasteiger partial charge in [-0.15, -0.1) is 0 Å². The molecule has 3 atom stereocenters. The summed E-state index contributed by atoms with van der Waals surface area (Å²) >= 11 is 5.74. The Labute approximate surface area is 219 Å². The number of aryl methyl sites for hydroxylation is 1. The van der Waals surface area contributed by atoms with Gasteiger partial charge in [0.2, 0.25) is 5.91 Å². The molecule has 1 N–H and O–H groups in total. The fourth-order valence-corrected chi connectivity index (χ4v) is 5.50. The number of hydrogen-bond acceptors (Lipinski definition) is 4. The molecule has 0 saturated carbocycles. The number of carbonyl (C=O) groups is 2. The molecule has 6 nitrogen and oxygen atoms in total. The topological polar surface area (TPSA) is 67.9 Å². The summed E-state index contributed by atoms with van der Waals surface area (Å²) in [5, 5.41) is 3.03. The fourth-order valence-electron chi connectivity index (χ4n) is 5.41. The quantitative estimate of drug-likeness (QED) is 0.454. The summed E-state index contributed by atoms with van der Waals surface area (Å²) in [5.74, 6) is -0.0670. The standard InChI is InChI=1S/C27H30ClF3N2O4/c1-18-12-20(14-22(13-18)27(29,30)31)19(2)36-16-26(21-6-4-3-5-7-21)11-10-25(9-8-23(34)32-25)15-33(26)24(35)37-17-28/h3-7,12-14,19H,8-11,15-17H2,1-2H3,(H,32,34)/t19-,25-,26-/m1/s1. The summed E-state index contributed by atoms with van der Waals surface area (Å²) in [7, 11) is 0. The lowest BCUT2D eigenvalue weighted by molar-refractivity contribution is -0.137. The molecule has 2 heterocycles. The van der Waals surface area contributed by atoms with Crippen molar-refractivity contribution >= 4 is 23.6 Å². The highest BCUT2D eigenvalue weighted by Gasteiger charge is 2.53. The average Bonchev–Trinajstić information content (AvgIpc) is 3.22. The van der Waals surface area contributed by atoms with Crippen LogP contribution in [0.2, 0.25) is 0 Å². The molecule has 1 spiro atoms. The monoisotopic (exact) mass is 538 g/mol. The smallest absolute Gasteiger partial charge is 0.416 e. The first-order valence-electron chi connectivity index (χ1n) is 12.2. The Bertz CT molecular complexity index is 1150. The zero-order valence-corrected chi connectivity index (χ0v) is 21.5. The first-order chi connectivity index (χ1) is 17.5. The second-order valence-electron chi connectivity index (χ2n) is 9.91. The number of likely N-dealkylation sites (tertiary alicyclic amines) is 1. The average molecular weight is 539 g/mol. The number of alkyl halides is 4. The van der Waals surface area contributed by atoms with Gasteiger partial charge in [-0.2, -0.15) is 13.2 Å². The minimum absolute atomic E-state index is 0.00881.